The fourth-order valence-corrected chi connectivity index (χ4v) is 4.28. The van der Waals surface area contributed by atoms with Gasteiger partial charge in [0, 0.05) is 31.7 Å². The summed E-state index contributed by atoms with van der Waals surface area (Å²) in [5, 5.41) is 8.81. The van der Waals surface area contributed by atoms with Crippen LogP contribution in [0.3, 0.4) is 0 Å². The molecule has 0 unspecified atom stereocenters. The number of ether oxygens (including phenoxy) is 2. The van der Waals surface area contributed by atoms with E-state index < -0.39 is 12.6 Å². The Hall–Kier alpha value is -1.94. The minimum absolute atomic E-state index is 0.120. The average molecular weight is 423 g/mol. The highest BCUT2D eigenvalue weighted by atomic mass is 32.2. The van der Waals surface area contributed by atoms with Crippen molar-refractivity contribution in [2.24, 2.45) is 0 Å². The van der Waals surface area contributed by atoms with Crippen LogP contribution in [0.1, 0.15) is 12.0 Å². The maximum atomic E-state index is 12.8. The van der Waals surface area contributed by atoms with Crippen LogP contribution >= 0.6 is 24.0 Å². The third-order valence-corrected chi connectivity index (χ3v) is 5.77. The lowest BCUT2D eigenvalue weighted by Crippen LogP contribution is -2.38. The third kappa shape index (κ3) is 5.54. The summed E-state index contributed by atoms with van der Waals surface area (Å²) < 4.78 is 11.2. The summed E-state index contributed by atoms with van der Waals surface area (Å²) in [6.45, 7) is 4.41. The van der Waals surface area contributed by atoms with E-state index in [0.717, 1.165) is 39.3 Å². The Balaban J connectivity index is 1.62. The molecule has 1 amide bonds. The van der Waals surface area contributed by atoms with Gasteiger partial charge in [-0.3, -0.25) is 14.6 Å². The summed E-state index contributed by atoms with van der Waals surface area (Å²) in [7, 11) is 0. The maximum absolute atomic E-state index is 12.8. The van der Waals surface area contributed by atoms with Gasteiger partial charge >= 0.3 is 5.97 Å². The van der Waals surface area contributed by atoms with Crippen molar-refractivity contribution in [3.05, 3.63) is 34.7 Å². The largest absolute Gasteiger partial charge is 0.481 e. The highest BCUT2D eigenvalue weighted by molar-refractivity contribution is 8.26. The second kappa shape index (κ2) is 10.0. The SMILES string of the molecule is O=C(O)COc1ccccc1/C=C1/SC(=S)N(CCCN2CCOCC2)C1=O. The smallest absolute Gasteiger partial charge is 0.341 e. The first-order valence-electron chi connectivity index (χ1n) is 9.03. The summed E-state index contributed by atoms with van der Waals surface area (Å²) in [5.74, 6) is -0.756. The first-order chi connectivity index (χ1) is 13.5. The molecule has 0 aliphatic carbocycles. The van der Waals surface area contributed by atoms with Gasteiger partial charge in [-0.15, -0.1) is 0 Å². The van der Waals surface area contributed by atoms with Crippen LogP contribution < -0.4 is 4.74 Å². The molecule has 0 atom stereocenters. The number of morpholine rings is 1. The molecule has 1 aromatic rings. The average Bonchev–Trinajstić information content (AvgIpc) is 2.95. The van der Waals surface area contributed by atoms with Crippen LogP contribution in [0.15, 0.2) is 29.2 Å². The summed E-state index contributed by atoms with van der Waals surface area (Å²) >= 11 is 6.64. The van der Waals surface area contributed by atoms with E-state index in [1.54, 1.807) is 29.2 Å². The molecule has 0 radical (unpaired) electrons. The first kappa shape index (κ1) is 20.8. The lowest BCUT2D eigenvalue weighted by Gasteiger charge is -2.27. The van der Waals surface area contributed by atoms with Gasteiger partial charge in [-0.2, -0.15) is 0 Å². The number of aliphatic carboxylic acids is 1. The van der Waals surface area contributed by atoms with Crippen molar-refractivity contribution < 1.29 is 24.2 Å². The molecule has 7 nitrogen and oxygen atoms in total. The number of amides is 1. The number of nitrogens with zero attached hydrogens (tertiary/aromatic N) is 2. The fourth-order valence-electron chi connectivity index (χ4n) is 2.98. The number of carbonyl (C=O) groups is 2. The number of hydrogen-bond acceptors (Lipinski definition) is 7. The van der Waals surface area contributed by atoms with E-state index in [-0.39, 0.29) is 5.91 Å². The molecule has 0 aromatic heterocycles. The van der Waals surface area contributed by atoms with Gasteiger partial charge in [0.05, 0.1) is 18.1 Å². The van der Waals surface area contributed by atoms with Crippen LogP contribution in [-0.4, -0.2) is 77.1 Å². The van der Waals surface area contributed by atoms with E-state index in [2.05, 4.69) is 4.90 Å². The standard InChI is InChI=1S/C19H22N2O5S2/c22-17(23)13-26-15-5-2-1-4-14(15)12-16-18(24)21(19(27)28-16)7-3-6-20-8-10-25-11-9-20/h1-2,4-5,12H,3,6-11,13H2,(H,22,23)/b16-12+. The number of thiocarbonyl (C=S) groups is 1. The Morgan fingerprint density at radius 1 is 1.29 bits per heavy atom. The number of carboxylic acid groups (broad SMARTS) is 1. The molecule has 0 bridgehead atoms. The predicted octanol–water partition coefficient (Wildman–Crippen LogP) is 2.07. The van der Waals surface area contributed by atoms with Gasteiger partial charge in [0.2, 0.25) is 0 Å². The number of benzene rings is 1. The fraction of sp³-hybridized carbons (Fsp3) is 0.421. The van der Waals surface area contributed by atoms with Gasteiger partial charge in [-0.05, 0) is 18.6 Å². The lowest BCUT2D eigenvalue weighted by molar-refractivity contribution is -0.139. The molecule has 2 aliphatic heterocycles. The van der Waals surface area contributed by atoms with Gasteiger partial charge in [0.1, 0.15) is 10.1 Å². The van der Waals surface area contributed by atoms with Gasteiger partial charge in [0.15, 0.2) is 6.61 Å². The molecule has 2 saturated heterocycles. The second-order valence-electron chi connectivity index (χ2n) is 6.36. The van der Waals surface area contributed by atoms with Crippen molar-refractivity contribution in [3.63, 3.8) is 0 Å². The first-order valence-corrected chi connectivity index (χ1v) is 10.3. The Labute approximate surface area is 173 Å². The molecule has 28 heavy (non-hydrogen) atoms. The number of carboxylic acids is 1. The maximum Gasteiger partial charge on any atom is 0.341 e. The number of thioether (sulfide) groups is 1. The quantitative estimate of drug-likeness (QED) is 0.504. The predicted molar refractivity (Wildman–Crippen MR) is 111 cm³/mol. The Bertz CT molecular complexity index is 777. The van der Waals surface area contributed by atoms with Gasteiger partial charge in [-0.1, -0.05) is 42.2 Å². The van der Waals surface area contributed by atoms with Crippen LogP contribution in [0.4, 0.5) is 0 Å². The van der Waals surface area contributed by atoms with Crippen molar-refractivity contribution >= 4 is 46.3 Å². The molecule has 9 heteroatoms. The van der Waals surface area contributed by atoms with Gasteiger partial charge in [-0.25, -0.2) is 4.79 Å². The number of rotatable bonds is 8. The molecule has 150 valence electrons. The van der Waals surface area contributed by atoms with Crippen molar-refractivity contribution in [2.45, 2.75) is 6.42 Å². The van der Waals surface area contributed by atoms with Crippen LogP contribution in [0, 0.1) is 0 Å². The van der Waals surface area contributed by atoms with E-state index in [1.807, 2.05) is 6.07 Å². The lowest BCUT2D eigenvalue weighted by atomic mass is 10.2. The van der Waals surface area contributed by atoms with Crippen LogP contribution in [0.2, 0.25) is 0 Å². The number of carbonyl (C=O) groups excluding carboxylic acids is 1. The minimum atomic E-state index is -1.05. The van der Waals surface area contributed by atoms with E-state index in [9.17, 15) is 9.59 Å². The topological polar surface area (TPSA) is 79.3 Å². The van der Waals surface area contributed by atoms with Gasteiger partial charge < -0.3 is 14.6 Å². The Morgan fingerprint density at radius 2 is 2.04 bits per heavy atom. The molecular weight excluding hydrogens is 400 g/mol. The highest BCUT2D eigenvalue weighted by Gasteiger charge is 2.31. The van der Waals surface area contributed by atoms with Crippen LogP contribution in [0.25, 0.3) is 6.08 Å². The van der Waals surface area contributed by atoms with E-state index >= 15 is 0 Å². The van der Waals surface area contributed by atoms with Crippen LogP contribution in [0.5, 0.6) is 5.75 Å². The van der Waals surface area contributed by atoms with E-state index in [1.165, 1.54) is 11.8 Å². The zero-order valence-electron chi connectivity index (χ0n) is 15.3. The van der Waals surface area contributed by atoms with Crippen LogP contribution in [-0.2, 0) is 14.3 Å². The molecule has 1 N–H and O–H groups in total. The summed E-state index contributed by atoms with van der Waals surface area (Å²) in [6, 6.07) is 7.02. The zero-order chi connectivity index (χ0) is 19.9. The van der Waals surface area contributed by atoms with Crippen molar-refractivity contribution in [1.29, 1.82) is 0 Å². The second-order valence-corrected chi connectivity index (χ2v) is 8.04. The number of hydrogen-bond donors (Lipinski definition) is 1. The Kier molecular flexibility index (Phi) is 7.43. The molecule has 1 aromatic carbocycles. The Morgan fingerprint density at radius 3 is 2.79 bits per heavy atom. The third-order valence-electron chi connectivity index (χ3n) is 4.39. The molecule has 2 aliphatic rings. The van der Waals surface area contributed by atoms with Crippen molar-refractivity contribution in [3.8, 4) is 5.75 Å². The number of para-hydroxylation sites is 1. The summed E-state index contributed by atoms with van der Waals surface area (Å²) in [4.78, 5) is 28.0. The molecule has 3 rings (SSSR count). The van der Waals surface area contributed by atoms with Crippen molar-refractivity contribution in [1.82, 2.24) is 9.80 Å². The molecular formula is C19H22N2O5S2. The van der Waals surface area contributed by atoms with E-state index in [0.29, 0.717) is 27.1 Å². The summed E-state index contributed by atoms with van der Waals surface area (Å²) in [5.41, 5.74) is 0.651. The zero-order valence-corrected chi connectivity index (χ0v) is 17.0. The van der Waals surface area contributed by atoms with E-state index in [4.69, 9.17) is 26.8 Å². The minimum Gasteiger partial charge on any atom is -0.481 e. The van der Waals surface area contributed by atoms with Crippen molar-refractivity contribution in [2.75, 3.05) is 46.0 Å². The molecule has 2 fully saturated rings. The monoisotopic (exact) mass is 422 g/mol. The molecule has 2 heterocycles. The summed E-state index contributed by atoms with van der Waals surface area (Å²) in [6.07, 6.45) is 2.55. The molecule has 0 saturated carbocycles. The van der Waals surface area contributed by atoms with Gasteiger partial charge in [0.25, 0.3) is 5.91 Å². The normalized spacial score (nSPS) is 19.4. The molecule has 0 spiro atoms. The highest BCUT2D eigenvalue weighted by Crippen LogP contribution is 2.34.